The van der Waals surface area contributed by atoms with E-state index in [1.807, 2.05) is 72.8 Å². The number of fused-ring (bicyclic) bond motifs is 1. The highest BCUT2D eigenvalue weighted by Crippen LogP contribution is 2.38. The standard InChI is InChI=1S/C25H18N4O2S/c30-21(16-29-24(31)20-14-8-7-13-19(20)15-26-29)27-25-28-22(17-9-3-1-4-10-17)23(32-25)18-11-5-2-6-12-18/h1-15H,16H2,(H,27,28,30). The summed E-state index contributed by atoms with van der Waals surface area (Å²) in [5.74, 6) is -0.358. The zero-order valence-corrected chi connectivity index (χ0v) is 17.8. The van der Waals surface area contributed by atoms with Gasteiger partial charge < -0.3 is 5.32 Å². The second-order valence-electron chi connectivity index (χ2n) is 7.17. The molecule has 32 heavy (non-hydrogen) atoms. The summed E-state index contributed by atoms with van der Waals surface area (Å²) in [5, 5.41) is 8.72. The molecule has 3 aromatic carbocycles. The maximum absolute atomic E-state index is 12.7. The summed E-state index contributed by atoms with van der Waals surface area (Å²) >= 11 is 1.40. The third-order valence-electron chi connectivity index (χ3n) is 5.01. The van der Waals surface area contributed by atoms with Crippen LogP contribution in [0.3, 0.4) is 0 Å². The Labute approximate surface area is 187 Å². The van der Waals surface area contributed by atoms with Crippen molar-refractivity contribution in [2.75, 3.05) is 5.32 Å². The highest BCUT2D eigenvalue weighted by molar-refractivity contribution is 7.19. The first-order chi connectivity index (χ1) is 15.7. The topological polar surface area (TPSA) is 76.9 Å². The lowest BCUT2D eigenvalue weighted by Crippen LogP contribution is -2.29. The van der Waals surface area contributed by atoms with Crippen molar-refractivity contribution in [3.63, 3.8) is 0 Å². The van der Waals surface area contributed by atoms with Gasteiger partial charge in [-0.05, 0) is 11.6 Å². The Morgan fingerprint density at radius 3 is 2.28 bits per heavy atom. The number of anilines is 1. The smallest absolute Gasteiger partial charge is 0.275 e. The van der Waals surface area contributed by atoms with Crippen LogP contribution >= 0.6 is 11.3 Å². The molecule has 0 bridgehead atoms. The fraction of sp³-hybridized carbons (Fsp3) is 0.0400. The van der Waals surface area contributed by atoms with Crippen LogP contribution in [0.15, 0.2) is 95.9 Å². The number of benzene rings is 3. The molecule has 2 aromatic heterocycles. The highest BCUT2D eigenvalue weighted by atomic mass is 32.1. The quantitative estimate of drug-likeness (QED) is 0.427. The summed E-state index contributed by atoms with van der Waals surface area (Å²) in [6.07, 6.45) is 1.59. The maximum Gasteiger partial charge on any atom is 0.275 e. The molecule has 2 heterocycles. The zero-order valence-electron chi connectivity index (χ0n) is 16.9. The van der Waals surface area contributed by atoms with Crippen molar-refractivity contribution in [2.45, 2.75) is 6.54 Å². The van der Waals surface area contributed by atoms with Crippen LogP contribution in [0.5, 0.6) is 0 Å². The van der Waals surface area contributed by atoms with Crippen molar-refractivity contribution in [1.82, 2.24) is 14.8 Å². The molecule has 156 valence electrons. The maximum atomic E-state index is 12.7. The van der Waals surface area contributed by atoms with Crippen molar-refractivity contribution in [1.29, 1.82) is 0 Å². The minimum absolute atomic E-state index is 0.190. The van der Waals surface area contributed by atoms with Crippen LogP contribution in [-0.2, 0) is 11.3 Å². The lowest BCUT2D eigenvalue weighted by Gasteiger charge is -2.05. The molecule has 0 aliphatic heterocycles. The SMILES string of the molecule is O=C(Cn1ncc2ccccc2c1=O)Nc1nc(-c2ccccc2)c(-c2ccccc2)s1. The number of carbonyl (C=O) groups excluding carboxylic acids is 1. The van der Waals surface area contributed by atoms with E-state index in [9.17, 15) is 9.59 Å². The fourth-order valence-electron chi connectivity index (χ4n) is 3.49. The second-order valence-corrected chi connectivity index (χ2v) is 8.17. The minimum Gasteiger partial charge on any atom is -0.300 e. The Morgan fingerprint density at radius 2 is 1.53 bits per heavy atom. The van der Waals surface area contributed by atoms with E-state index >= 15 is 0 Å². The summed E-state index contributed by atoms with van der Waals surface area (Å²) in [5.41, 5.74) is 2.50. The molecule has 5 rings (SSSR count). The third kappa shape index (κ3) is 3.93. The molecule has 0 aliphatic carbocycles. The monoisotopic (exact) mass is 438 g/mol. The van der Waals surface area contributed by atoms with Crippen molar-refractivity contribution in [3.05, 3.63) is 101 Å². The molecule has 0 fully saturated rings. The van der Waals surface area contributed by atoms with E-state index in [1.165, 1.54) is 16.0 Å². The molecule has 0 spiro atoms. The van der Waals surface area contributed by atoms with Gasteiger partial charge in [-0.2, -0.15) is 5.10 Å². The van der Waals surface area contributed by atoms with Crippen LogP contribution in [0.1, 0.15) is 0 Å². The first-order valence-corrected chi connectivity index (χ1v) is 10.9. The summed E-state index contributed by atoms with van der Waals surface area (Å²) in [6.45, 7) is -0.190. The minimum atomic E-state index is -0.358. The Hall–Kier alpha value is -4.10. The van der Waals surface area contributed by atoms with Crippen molar-refractivity contribution in [3.8, 4) is 21.7 Å². The Kier molecular flexibility index (Phi) is 5.31. The van der Waals surface area contributed by atoms with E-state index in [0.29, 0.717) is 10.5 Å². The molecular formula is C25H18N4O2S. The number of thiazole rings is 1. The predicted molar refractivity (Wildman–Crippen MR) is 128 cm³/mol. The van der Waals surface area contributed by atoms with E-state index in [1.54, 1.807) is 18.3 Å². The van der Waals surface area contributed by atoms with Gasteiger partial charge in [0.05, 0.1) is 22.2 Å². The normalized spacial score (nSPS) is 10.9. The van der Waals surface area contributed by atoms with Crippen LogP contribution in [0.4, 0.5) is 5.13 Å². The summed E-state index contributed by atoms with van der Waals surface area (Å²) < 4.78 is 1.17. The second kappa shape index (κ2) is 8.56. The van der Waals surface area contributed by atoms with E-state index < -0.39 is 0 Å². The molecule has 0 radical (unpaired) electrons. The molecule has 0 unspecified atom stereocenters. The average Bonchev–Trinajstić information content (AvgIpc) is 3.26. The Morgan fingerprint density at radius 1 is 0.875 bits per heavy atom. The molecule has 0 saturated carbocycles. The molecule has 7 heteroatoms. The Bertz CT molecular complexity index is 1400. The van der Waals surface area contributed by atoms with Crippen LogP contribution < -0.4 is 10.9 Å². The first-order valence-electron chi connectivity index (χ1n) is 10.1. The molecule has 0 saturated heterocycles. The van der Waals surface area contributed by atoms with E-state index in [2.05, 4.69) is 15.4 Å². The van der Waals surface area contributed by atoms with Gasteiger partial charge in [-0.15, -0.1) is 0 Å². The van der Waals surface area contributed by atoms with Gasteiger partial charge in [0.1, 0.15) is 6.54 Å². The number of nitrogens with zero attached hydrogens (tertiary/aromatic N) is 3. The van der Waals surface area contributed by atoms with Gasteiger partial charge in [-0.25, -0.2) is 9.67 Å². The van der Waals surface area contributed by atoms with Gasteiger partial charge in [0.2, 0.25) is 5.91 Å². The van der Waals surface area contributed by atoms with E-state index in [0.717, 1.165) is 27.1 Å². The van der Waals surface area contributed by atoms with E-state index in [4.69, 9.17) is 0 Å². The number of rotatable bonds is 5. The summed E-state index contributed by atoms with van der Waals surface area (Å²) in [4.78, 5) is 31.0. The van der Waals surface area contributed by atoms with Crippen LogP contribution in [0, 0.1) is 0 Å². The lowest BCUT2D eigenvalue weighted by atomic mass is 10.1. The highest BCUT2D eigenvalue weighted by Gasteiger charge is 2.17. The van der Waals surface area contributed by atoms with Crippen LogP contribution in [-0.4, -0.2) is 20.7 Å². The molecule has 1 amide bonds. The van der Waals surface area contributed by atoms with Crippen molar-refractivity contribution < 1.29 is 4.79 Å². The largest absolute Gasteiger partial charge is 0.300 e. The fourth-order valence-corrected chi connectivity index (χ4v) is 4.49. The predicted octanol–water partition coefficient (Wildman–Crippen LogP) is 4.83. The summed E-state index contributed by atoms with van der Waals surface area (Å²) in [7, 11) is 0. The van der Waals surface area contributed by atoms with Crippen molar-refractivity contribution in [2.24, 2.45) is 0 Å². The van der Waals surface area contributed by atoms with Gasteiger partial charge in [-0.1, -0.05) is 90.2 Å². The molecule has 5 aromatic rings. The average molecular weight is 439 g/mol. The lowest BCUT2D eigenvalue weighted by molar-refractivity contribution is -0.117. The third-order valence-corrected chi connectivity index (χ3v) is 6.03. The van der Waals surface area contributed by atoms with Crippen LogP contribution in [0.25, 0.3) is 32.5 Å². The van der Waals surface area contributed by atoms with Gasteiger partial charge in [0.15, 0.2) is 5.13 Å². The zero-order chi connectivity index (χ0) is 21.9. The number of hydrogen-bond acceptors (Lipinski definition) is 5. The van der Waals surface area contributed by atoms with Crippen molar-refractivity contribution >= 4 is 33.1 Å². The number of carbonyl (C=O) groups is 1. The number of nitrogens with one attached hydrogen (secondary N) is 1. The number of hydrogen-bond donors (Lipinski definition) is 1. The van der Waals surface area contributed by atoms with Gasteiger partial charge in [0.25, 0.3) is 5.56 Å². The summed E-state index contributed by atoms with van der Waals surface area (Å²) in [6, 6.07) is 27.0. The van der Waals surface area contributed by atoms with E-state index in [-0.39, 0.29) is 18.0 Å². The molecule has 1 N–H and O–H groups in total. The van der Waals surface area contributed by atoms with Crippen LogP contribution in [0.2, 0.25) is 0 Å². The molecule has 0 aliphatic rings. The van der Waals surface area contributed by atoms with Gasteiger partial charge in [0, 0.05) is 10.9 Å². The molecular weight excluding hydrogens is 420 g/mol. The molecule has 6 nitrogen and oxygen atoms in total. The van der Waals surface area contributed by atoms with Gasteiger partial charge in [-0.3, -0.25) is 9.59 Å². The molecule has 0 atom stereocenters. The number of aromatic nitrogens is 3. The number of amides is 1. The first kappa shape index (κ1) is 19.8. The van der Waals surface area contributed by atoms with Gasteiger partial charge >= 0.3 is 0 Å². The Balaban J connectivity index is 1.44.